The highest BCUT2D eigenvalue weighted by atomic mass is 16.5. The molecular formula is C11H19NO3. The van der Waals surface area contributed by atoms with E-state index in [1.54, 1.807) is 0 Å². The third-order valence-corrected chi connectivity index (χ3v) is 2.96. The van der Waals surface area contributed by atoms with Gasteiger partial charge in [-0.15, -0.1) is 0 Å². The summed E-state index contributed by atoms with van der Waals surface area (Å²) in [4.78, 5) is 10.9. The van der Waals surface area contributed by atoms with Crippen molar-refractivity contribution < 1.29 is 14.6 Å². The van der Waals surface area contributed by atoms with E-state index in [1.165, 1.54) is 12.8 Å². The van der Waals surface area contributed by atoms with Gasteiger partial charge < -0.3 is 9.84 Å². The summed E-state index contributed by atoms with van der Waals surface area (Å²) in [6.07, 6.45) is 5.95. The average molecular weight is 213 g/mol. The van der Waals surface area contributed by atoms with Crippen molar-refractivity contribution in [3.8, 4) is 0 Å². The number of hydrogen-bond acceptors (Lipinski definition) is 3. The summed E-state index contributed by atoms with van der Waals surface area (Å²) in [7, 11) is 0. The topological polar surface area (TPSA) is 58.6 Å². The second-order valence-corrected chi connectivity index (χ2v) is 4.64. The highest BCUT2D eigenvalue weighted by Gasteiger charge is 2.28. The summed E-state index contributed by atoms with van der Waals surface area (Å²) < 4.78 is 5.39. The Kier molecular flexibility index (Phi) is 3.59. The van der Waals surface area contributed by atoms with Gasteiger partial charge in [-0.1, -0.05) is 12.8 Å². The first-order valence-corrected chi connectivity index (χ1v) is 5.82. The molecule has 15 heavy (non-hydrogen) atoms. The van der Waals surface area contributed by atoms with Crippen molar-refractivity contribution in [2.75, 3.05) is 13.2 Å². The molecule has 0 aromatic rings. The van der Waals surface area contributed by atoms with E-state index in [1.807, 2.05) is 0 Å². The molecule has 0 bridgehead atoms. The van der Waals surface area contributed by atoms with E-state index < -0.39 is 12.0 Å². The molecule has 0 spiro atoms. The summed E-state index contributed by atoms with van der Waals surface area (Å²) in [5.74, 6) is 0.0537. The normalized spacial score (nSPS) is 22.7. The standard InChI is InChI=1S/C11H19NO3/c13-11(14)10(12-9-3-4-9)7-15-6-5-8-1-2-8/h8-10,12H,1-7H2,(H,13,14). The van der Waals surface area contributed by atoms with Gasteiger partial charge in [-0.25, -0.2) is 0 Å². The Morgan fingerprint density at radius 2 is 2.13 bits per heavy atom. The minimum atomic E-state index is -0.798. The van der Waals surface area contributed by atoms with Crippen molar-refractivity contribution in [1.29, 1.82) is 0 Å². The lowest BCUT2D eigenvalue weighted by atomic mass is 10.3. The molecule has 2 N–H and O–H groups in total. The minimum Gasteiger partial charge on any atom is -0.480 e. The van der Waals surface area contributed by atoms with Gasteiger partial charge >= 0.3 is 5.97 Å². The molecule has 0 aliphatic heterocycles. The first kappa shape index (κ1) is 10.9. The van der Waals surface area contributed by atoms with Crippen molar-refractivity contribution in [3.63, 3.8) is 0 Å². The van der Waals surface area contributed by atoms with Gasteiger partial charge in [0.05, 0.1) is 6.61 Å². The van der Waals surface area contributed by atoms with Crippen LogP contribution in [0, 0.1) is 5.92 Å². The molecule has 2 aliphatic rings. The fraction of sp³-hybridized carbons (Fsp3) is 0.909. The first-order chi connectivity index (χ1) is 7.25. The van der Waals surface area contributed by atoms with E-state index in [2.05, 4.69) is 5.32 Å². The van der Waals surface area contributed by atoms with Crippen LogP contribution >= 0.6 is 0 Å². The van der Waals surface area contributed by atoms with Gasteiger partial charge in [-0.3, -0.25) is 10.1 Å². The summed E-state index contributed by atoms with van der Waals surface area (Å²) in [5, 5.41) is 12.0. The second kappa shape index (κ2) is 4.94. The Morgan fingerprint density at radius 3 is 2.67 bits per heavy atom. The number of hydrogen-bond donors (Lipinski definition) is 2. The van der Waals surface area contributed by atoms with Gasteiger partial charge in [0.25, 0.3) is 0 Å². The van der Waals surface area contributed by atoms with Crippen LogP contribution in [-0.2, 0) is 9.53 Å². The van der Waals surface area contributed by atoms with Crippen LogP contribution in [0.5, 0.6) is 0 Å². The van der Waals surface area contributed by atoms with Gasteiger partial charge in [0.1, 0.15) is 6.04 Å². The van der Waals surface area contributed by atoms with Crippen LogP contribution in [0.2, 0.25) is 0 Å². The molecule has 2 rings (SSSR count). The van der Waals surface area contributed by atoms with Crippen molar-refractivity contribution in [3.05, 3.63) is 0 Å². The third kappa shape index (κ3) is 4.18. The van der Waals surface area contributed by atoms with Crippen LogP contribution in [0.1, 0.15) is 32.1 Å². The van der Waals surface area contributed by atoms with Crippen LogP contribution < -0.4 is 5.32 Å². The number of nitrogens with one attached hydrogen (secondary N) is 1. The Hall–Kier alpha value is -0.610. The molecule has 0 saturated heterocycles. The molecule has 1 unspecified atom stereocenters. The number of aliphatic carboxylic acids is 1. The Morgan fingerprint density at radius 1 is 1.40 bits per heavy atom. The van der Waals surface area contributed by atoms with E-state index in [0.717, 1.165) is 25.2 Å². The highest BCUT2D eigenvalue weighted by Crippen LogP contribution is 2.32. The van der Waals surface area contributed by atoms with Crippen LogP contribution in [0.15, 0.2) is 0 Å². The zero-order chi connectivity index (χ0) is 10.7. The lowest BCUT2D eigenvalue weighted by Crippen LogP contribution is -2.41. The fourth-order valence-corrected chi connectivity index (χ4v) is 1.58. The highest BCUT2D eigenvalue weighted by molar-refractivity contribution is 5.73. The lowest BCUT2D eigenvalue weighted by molar-refractivity contribution is -0.141. The van der Waals surface area contributed by atoms with Gasteiger partial charge in [-0.2, -0.15) is 0 Å². The maximum Gasteiger partial charge on any atom is 0.323 e. The zero-order valence-electron chi connectivity index (χ0n) is 8.95. The van der Waals surface area contributed by atoms with Crippen molar-refractivity contribution in [2.24, 2.45) is 5.92 Å². The molecule has 86 valence electrons. The molecule has 0 amide bonds. The molecule has 1 atom stereocenters. The van der Waals surface area contributed by atoms with E-state index in [0.29, 0.717) is 19.3 Å². The van der Waals surface area contributed by atoms with E-state index in [-0.39, 0.29) is 0 Å². The maximum atomic E-state index is 10.9. The number of carboxylic acids is 1. The molecule has 4 nitrogen and oxygen atoms in total. The molecule has 0 radical (unpaired) electrons. The zero-order valence-corrected chi connectivity index (χ0v) is 8.95. The second-order valence-electron chi connectivity index (χ2n) is 4.64. The lowest BCUT2D eigenvalue weighted by Gasteiger charge is -2.13. The van der Waals surface area contributed by atoms with E-state index in [9.17, 15) is 4.79 Å². The SMILES string of the molecule is O=C(O)C(COCCC1CC1)NC1CC1. The molecule has 4 heteroatoms. The summed E-state index contributed by atoms with van der Waals surface area (Å²) in [6.45, 7) is 1.01. The summed E-state index contributed by atoms with van der Waals surface area (Å²) in [5.41, 5.74) is 0. The van der Waals surface area contributed by atoms with Crippen molar-refractivity contribution >= 4 is 5.97 Å². The molecule has 2 saturated carbocycles. The number of rotatable bonds is 8. The monoisotopic (exact) mass is 213 g/mol. The van der Waals surface area contributed by atoms with Gasteiger partial charge in [0, 0.05) is 12.6 Å². The quantitative estimate of drug-likeness (QED) is 0.591. The van der Waals surface area contributed by atoms with Crippen molar-refractivity contribution in [1.82, 2.24) is 5.32 Å². The predicted octanol–water partition coefficient (Wildman–Crippen LogP) is 1.01. The smallest absolute Gasteiger partial charge is 0.323 e. The van der Waals surface area contributed by atoms with Crippen LogP contribution in [0.25, 0.3) is 0 Å². The van der Waals surface area contributed by atoms with Gasteiger partial charge in [0.2, 0.25) is 0 Å². The van der Waals surface area contributed by atoms with E-state index >= 15 is 0 Å². The minimum absolute atomic E-state index is 0.304. The molecule has 0 aromatic heterocycles. The van der Waals surface area contributed by atoms with Gasteiger partial charge in [0.15, 0.2) is 0 Å². The first-order valence-electron chi connectivity index (χ1n) is 5.82. The van der Waals surface area contributed by atoms with Crippen LogP contribution in [0.3, 0.4) is 0 Å². The number of carbonyl (C=O) groups is 1. The largest absolute Gasteiger partial charge is 0.480 e. The Bertz CT molecular complexity index is 224. The Labute approximate surface area is 90.0 Å². The number of ether oxygens (including phenoxy) is 1. The molecule has 0 heterocycles. The molecule has 2 aliphatic carbocycles. The van der Waals surface area contributed by atoms with Gasteiger partial charge in [-0.05, 0) is 25.2 Å². The number of carboxylic acid groups (broad SMARTS) is 1. The van der Waals surface area contributed by atoms with E-state index in [4.69, 9.17) is 9.84 Å². The third-order valence-electron chi connectivity index (χ3n) is 2.96. The predicted molar refractivity (Wildman–Crippen MR) is 55.7 cm³/mol. The van der Waals surface area contributed by atoms with Crippen LogP contribution in [-0.4, -0.2) is 36.4 Å². The Balaban J connectivity index is 1.57. The van der Waals surface area contributed by atoms with Crippen molar-refractivity contribution in [2.45, 2.75) is 44.2 Å². The van der Waals surface area contributed by atoms with Crippen LogP contribution in [0.4, 0.5) is 0 Å². The summed E-state index contributed by atoms with van der Waals surface area (Å²) in [6, 6.07) is -0.102. The fourth-order valence-electron chi connectivity index (χ4n) is 1.58. The summed E-state index contributed by atoms with van der Waals surface area (Å²) >= 11 is 0. The average Bonchev–Trinajstić information content (AvgIpc) is 3.03. The molecule has 2 fully saturated rings. The maximum absolute atomic E-state index is 10.9. The molecule has 0 aromatic carbocycles. The molecular weight excluding hydrogens is 194 g/mol.